The van der Waals surface area contributed by atoms with Crippen LogP contribution in [0.15, 0.2) is 48.5 Å². The van der Waals surface area contributed by atoms with Crippen molar-refractivity contribution in [3.63, 3.8) is 0 Å². The van der Waals surface area contributed by atoms with Gasteiger partial charge in [-0.2, -0.15) is 5.10 Å². The highest BCUT2D eigenvalue weighted by atomic mass is 16.1. The second-order valence-electron chi connectivity index (χ2n) is 5.18. The summed E-state index contributed by atoms with van der Waals surface area (Å²) in [7, 11) is 0. The van der Waals surface area contributed by atoms with Crippen LogP contribution in [0.25, 0.3) is 10.8 Å². The lowest BCUT2D eigenvalue weighted by atomic mass is 10.0. The highest BCUT2D eigenvalue weighted by molar-refractivity contribution is 5.85. The van der Waals surface area contributed by atoms with Gasteiger partial charge in [-0.25, -0.2) is 0 Å². The van der Waals surface area contributed by atoms with Crippen LogP contribution in [0.2, 0.25) is 0 Å². The molecule has 2 N–H and O–H groups in total. The molecule has 2 aromatic carbocycles. The Balaban J connectivity index is 1.63. The first-order valence-electron chi connectivity index (χ1n) is 6.96. The van der Waals surface area contributed by atoms with E-state index in [9.17, 15) is 4.79 Å². The Bertz CT molecular complexity index is 776. The van der Waals surface area contributed by atoms with Crippen molar-refractivity contribution >= 4 is 16.7 Å². The molecule has 4 heteroatoms. The van der Waals surface area contributed by atoms with Crippen molar-refractivity contribution in [2.24, 2.45) is 0 Å². The van der Waals surface area contributed by atoms with Crippen LogP contribution in [0.1, 0.15) is 17.0 Å². The Kier molecular flexibility index (Phi) is 3.69. The predicted octanol–water partition coefficient (Wildman–Crippen LogP) is 2.73. The number of fused-ring (bicyclic) bond motifs is 1. The first-order chi connectivity index (χ1) is 10.2. The largest absolute Gasteiger partial charge is 0.350 e. The van der Waals surface area contributed by atoms with Crippen molar-refractivity contribution in [2.45, 2.75) is 19.9 Å². The Labute approximate surface area is 123 Å². The molecule has 21 heavy (non-hydrogen) atoms. The number of hydrogen-bond acceptors (Lipinski definition) is 2. The van der Waals surface area contributed by atoms with Crippen LogP contribution in [0.5, 0.6) is 0 Å². The van der Waals surface area contributed by atoms with Gasteiger partial charge in [-0.3, -0.25) is 9.89 Å². The third-order valence-corrected chi connectivity index (χ3v) is 3.40. The monoisotopic (exact) mass is 279 g/mol. The van der Waals surface area contributed by atoms with E-state index in [2.05, 4.69) is 39.8 Å². The number of hydrogen-bond donors (Lipinski definition) is 2. The van der Waals surface area contributed by atoms with Crippen LogP contribution in [0.4, 0.5) is 0 Å². The summed E-state index contributed by atoms with van der Waals surface area (Å²) in [5, 5.41) is 12.2. The average molecular weight is 279 g/mol. The minimum Gasteiger partial charge on any atom is -0.350 e. The maximum atomic E-state index is 12.0. The van der Waals surface area contributed by atoms with Crippen LogP contribution in [0, 0.1) is 6.92 Å². The van der Waals surface area contributed by atoms with Crippen molar-refractivity contribution in [1.29, 1.82) is 0 Å². The Morgan fingerprint density at radius 3 is 2.71 bits per heavy atom. The quantitative estimate of drug-likeness (QED) is 0.771. The summed E-state index contributed by atoms with van der Waals surface area (Å²) in [5.41, 5.74) is 2.86. The number of aromatic amines is 1. The molecule has 4 nitrogen and oxygen atoms in total. The molecule has 0 aliphatic carbocycles. The molecule has 3 rings (SSSR count). The fourth-order valence-electron chi connectivity index (χ4n) is 2.35. The highest BCUT2D eigenvalue weighted by Crippen LogP contribution is 2.15. The molecule has 0 aliphatic heterocycles. The number of aromatic nitrogens is 2. The second kappa shape index (κ2) is 5.79. The molecule has 0 bridgehead atoms. The Morgan fingerprint density at radius 2 is 1.95 bits per heavy atom. The van der Waals surface area contributed by atoms with Gasteiger partial charge in [0, 0.05) is 5.69 Å². The first kappa shape index (κ1) is 13.4. The van der Waals surface area contributed by atoms with E-state index in [1.54, 1.807) is 0 Å². The van der Waals surface area contributed by atoms with Crippen LogP contribution in [0.3, 0.4) is 0 Å². The van der Waals surface area contributed by atoms with Crippen molar-refractivity contribution in [3.8, 4) is 0 Å². The van der Waals surface area contributed by atoms with Crippen molar-refractivity contribution < 1.29 is 4.79 Å². The maximum absolute atomic E-state index is 12.0. The molecule has 0 aliphatic rings. The standard InChI is InChI=1S/C17H17N3O/c1-12-8-16(20-19-12)11-18-17(21)10-13-6-7-14-4-2-3-5-15(14)9-13/h2-9H,10-11H2,1H3,(H,18,21)(H,19,20). The van der Waals surface area contributed by atoms with Gasteiger partial charge in [0.25, 0.3) is 0 Å². The molecular formula is C17H17N3O. The third kappa shape index (κ3) is 3.28. The van der Waals surface area contributed by atoms with Gasteiger partial charge in [-0.15, -0.1) is 0 Å². The normalized spacial score (nSPS) is 10.7. The lowest BCUT2D eigenvalue weighted by Crippen LogP contribution is -2.24. The number of aryl methyl sites for hydroxylation is 1. The van der Waals surface area contributed by atoms with Gasteiger partial charge in [0.2, 0.25) is 5.91 Å². The number of nitrogens with zero attached hydrogens (tertiary/aromatic N) is 1. The fourth-order valence-corrected chi connectivity index (χ4v) is 2.35. The topological polar surface area (TPSA) is 57.8 Å². The molecule has 0 unspecified atom stereocenters. The fraction of sp³-hybridized carbons (Fsp3) is 0.176. The molecule has 0 saturated heterocycles. The summed E-state index contributed by atoms with van der Waals surface area (Å²) in [6, 6.07) is 16.2. The number of amides is 1. The van der Waals surface area contributed by atoms with Crippen molar-refractivity contribution in [1.82, 2.24) is 15.5 Å². The van der Waals surface area contributed by atoms with E-state index >= 15 is 0 Å². The van der Waals surface area contributed by atoms with Crippen LogP contribution >= 0.6 is 0 Å². The third-order valence-electron chi connectivity index (χ3n) is 3.40. The smallest absolute Gasteiger partial charge is 0.224 e. The zero-order valence-corrected chi connectivity index (χ0v) is 11.9. The molecule has 0 spiro atoms. The molecule has 3 aromatic rings. The van der Waals surface area contributed by atoms with Gasteiger partial charge in [0.05, 0.1) is 18.7 Å². The number of carbonyl (C=O) groups is 1. The zero-order valence-electron chi connectivity index (χ0n) is 11.9. The minimum atomic E-state index is 0.00549. The van der Waals surface area contributed by atoms with Gasteiger partial charge in [0.1, 0.15) is 0 Å². The summed E-state index contributed by atoms with van der Waals surface area (Å²) in [5.74, 6) is 0.00549. The molecule has 106 valence electrons. The molecule has 1 aromatic heterocycles. The molecule has 0 atom stereocenters. The lowest BCUT2D eigenvalue weighted by Gasteiger charge is -2.05. The molecule has 1 amide bonds. The highest BCUT2D eigenvalue weighted by Gasteiger charge is 2.05. The number of rotatable bonds is 4. The van der Waals surface area contributed by atoms with Crippen molar-refractivity contribution in [2.75, 3.05) is 0 Å². The van der Waals surface area contributed by atoms with E-state index in [4.69, 9.17) is 0 Å². The van der Waals surface area contributed by atoms with Crippen LogP contribution in [-0.4, -0.2) is 16.1 Å². The molecule has 1 heterocycles. The lowest BCUT2D eigenvalue weighted by molar-refractivity contribution is -0.120. The number of nitrogens with one attached hydrogen (secondary N) is 2. The molecule has 0 saturated carbocycles. The summed E-state index contributed by atoms with van der Waals surface area (Å²) in [6.45, 7) is 2.39. The summed E-state index contributed by atoms with van der Waals surface area (Å²) >= 11 is 0. The molecule has 0 fully saturated rings. The number of carbonyl (C=O) groups excluding carboxylic acids is 1. The summed E-state index contributed by atoms with van der Waals surface area (Å²) in [4.78, 5) is 12.0. The minimum absolute atomic E-state index is 0.00549. The van der Waals surface area contributed by atoms with E-state index in [-0.39, 0.29) is 5.91 Å². The average Bonchev–Trinajstić information content (AvgIpc) is 2.91. The predicted molar refractivity (Wildman–Crippen MR) is 82.8 cm³/mol. The van der Waals surface area contributed by atoms with Gasteiger partial charge in [-0.1, -0.05) is 42.5 Å². The van der Waals surface area contributed by atoms with E-state index in [0.29, 0.717) is 13.0 Å². The van der Waals surface area contributed by atoms with Gasteiger partial charge in [0.15, 0.2) is 0 Å². The summed E-state index contributed by atoms with van der Waals surface area (Å²) < 4.78 is 0. The van der Waals surface area contributed by atoms with Gasteiger partial charge in [-0.05, 0) is 29.3 Å². The summed E-state index contributed by atoms with van der Waals surface area (Å²) in [6.07, 6.45) is 0.383. The second-order valence-corrected chi connectivity index (χ2v) is 5.18. The van der Waals surface area contributed by atoms with E-state index < -0.39 is 0 Å². The van der Waals surface area contributed by atoms with E-state index in [0.717, 1.165) is 22.3 Å². The van der Waals surface area contributed by atoms with Gasteiger partial charge >= 0.3 is 0 Å². The SMILES string of the molecule is Cc1cc(CNC(=O)Cc2ccc3ccccc3c2)n[nH]1. The van der Waals surface area contributed by atoms with E-state index in [1.807, 2.05) is 31.2 Å². The van der Waals surface area contributed by atoms with E-state index in [1.165, 1.54) is 5.39 Å². The van der Waals surface area contributed by atoms with Crippen LogP contribution in [-0.2, 0) is 17.8 Å². The molecular weight excluding hydrogens is 262 g/mol. The maximum Gasteiger partial charge on any atom is 0.224 e. The zero-order chi connectivity index (χ0) is 14.7. The number of benzene rings is 2. The van der Waals surface area contributed by atoms with Crippen LogP contribution < -0.4 is 5.32 Å². The van der Waals surface area contributed by atoms with Crippen molar-refractivity contribution in [3.05, 3.63) is 65.5 Å². The molecule has 0 radical (unpaired) electrons. The first-order valence-corrected chi connectivity index (χ1v) is 6.96. The number of H-pyrrole nitrogens is 1. The Morgan fingerprint density at radius 1 is 1.14 bits per heavy atom. The van der Waals surface area contributed by atoms with Gasteiger partial charge < -0.3 is 5.32 Å². The Hall–Kier alpha value is -2.62.